The second-order valence-corrected chi connectivity index (χ2v) is 6.13. The summed E-state index contributed by atoms with van der Waals surface area (Å²) in [6.07, 6.45) is 0.806. The van der Waals surface area contributed by atoms with Gasteiger partial charge in [0.2, 0.25) is 11.8 Å². The minimum atomic E-state index is -0.464. The zero-order chi connectivity index (χ0) is 18.0. The monoisotopic (exact) mass is 341 g/mol. The lowest BCUT2D eigenvalue weighted by atomic mass is 10.1. The molecule has 0 aliphatic carbocycles. The molecule has 25 heavy (non-hydrogen) atoms. The number of nitrogens with one attached hydrogen (secondary N) is 2. The average Bonchev–Trinajstić information content (AvgIpc) is 3.00. The highest BCUT2D eigenvalue weighted by Crippen LogP contribution is 2.30. The van der Waals surface area contributed by atoms with Crippen molar-refractivity contribution in [2.24, 2.45) is 0 Å². The van der Waals surface area contributed by atoms with E-state index in [0.717, 1.165) is 23.4 Å². The summed E-state index contributed by atoms with van der Waals surface area (Å²) in [5.74, 6) is -0.522. The van der Waals surface area contributed by atoms with Crippen molar-refractivity contribution in [3.63, 3.8) is 0 Å². The number of carbonyl (C=O) groups is 2. The highest BCUT2D eigenvalue weighted by molar-refractivity contribution is 5.97. The van der Waals surface area contributed by atoms with Crippen LogP contribution in [0.1, 0.15) is 19.4 Å². The molecule has 0 aromatic heterocycles. The van der Waals surface area contributed by atoms with Gasteiger partial charge < -0.3 is 15.5 Å². The molecule has 0 unspecified atom stereocenters. The van der Waals surface area contributed by atoms with Gasteiger partial charge in [0.25, 0.3) is 0 Å². The van der Waals surface area contributed by atoms with Crippen molar-refractivity contribution in [3.8, 4) is 0 Å². The molecular formula is C19H20FN3O2. The highest BCUT2D eigenvalue weighted by atomic mass is 19.1. The van der Waals surface area contributed by atoms with Gasteiger partial charge in [-0.1, -0.05) is 0 Å². The summed E-state index contributed by atoms with van der Waals surface area (Å²) in [5.41, 5.74) is 3.39. The Balaban J connectivity index is 1.65. The molecule has 0 bridgehead atoms. The van der Waals surface area contributed by atoms with Gasteiger partial charge in [0.15, 0.2) is 0 Å². The van der Waals surface area contributed by atoms with Crippen LogP contribution < -0.4 is 15.5 Å². The van der Waals surface area contributed by atoms with E-state index in [-0.39, 0.29) is 17.6 Å². The first kappa shape index (κ1) is 17.0. The Morgan fingerprint density at radius 3 is 2.48 bits per heavy atom. The van der Waals surface area contributed by atoms with Crippen LogP contribution in [-0.2, 0) is 16.0 Å². The number of carbonyl (C=O) groups excluding carboxylic acids is 2. The molecule has 0 spiro atoms. The minimum absolute atomic E-state index is 0.0338. The molecule has 2 N–H and O–H groups in total. The highest BCUT2D eigenvalue weighted by Gasteiger charge is 2.22. The number of hydrogen-bond acceptors (Lipinski definition) is 3. The number of halogens is 1. The number of nitrogens with zero attached hydrogens (tertiary/aromatic N) is 1. The maximum absolute atomic E-state index is 12.9. The van der Waals surface area contributed by atoms with Crippen molar-refractivity contribution in [3.05, 3.63) is 53.8 Å². The van der Waals surface area contributed by atoms with E-state index in [2.05, 4.69) is 10.6 Å². The summed E-state index contributed by atoms with van der Waals surface area (Å²) in [4.78, 5) is 25.6. The topological polar surface area (TPSA) is 61.4 Å². The Bertz CT molecular complexity index is 805. The Hall–Kier alpha value is -2.89. The van der Waals surface area contributed by atoms with Crippen molar-refractivity contribution in [1.29, 1.82) is 0 Å². The fourth-order valence-corrected chi connectivity index (χ4v) is 2.92. The maximum atomic E-state index is 12.9. The predicted octanol–water partition coefficient (Wildman–Crippen LogP) is 3.17. The SMILES string of the molecule is CC(=O)N1CCc2cc(N[C@H](C)C(=O)Nc3ccc(F)cc3)ccc21. The van der Waals surface area contributed by atoms with Gasteiger partial charge in [0.1, 0.15) is 11.9 Å². The normalized spacial score (nSPS) is 14.0. The van der Waals surface area contributed by atoms with Crippen LogP contribution in [0.25, 0.3) is 0 Å². The molecule has 0 radical (unpaired) electrons. The molecule has 0 saturated heterocycles. The van der Waals surface area contributed by atoms with Crippen molar-refractivity contribution >= 4 is 28.9 Å². The summed E-state index contributed by atoms with van der Waals surface area (Å²) in [6, 6.07) is 10.9. The molecule has 0 fully saturated rings. The van der Waals surface area contributed by atoms with Crippen molar-refractivity contribution in [2.45, 2.75) is 26.3 Å². The van der Waals surface area contributed by atoms with Gasteiger partial charge in [-0.15, -0.1) is 0 Å². The third kappa shape index (κ3) is 3.79. The number of anilines is 3. The third-order valence-corrected chi connectivity index (χ3v) is 4.24. The molecule has 1 aliphatic rings. The van der Waals surface area contributed by atoms with E-state index in [9.17, 15) is 14.0 Å². The molecule has 5 nitrogen and oxygen atoms in total. The fourth-order valence-electron chi connectivity index (χ4n) is 2.92. The van der Waals surface area contributed by atoms with Gasteiger partial charge in [0.05, 0.1) is 0 Å². The molecule has 2 aromatic carbocycles. The number of rotatable bonds is 4. The number of fused-ring (bicyclic) bond motifs is 1. The van der Waals surface area contributed by atoms with Crippen LogP contribution in [-0.4, -0.2) is 24.4 Å². The van der Waals surface area contributed by atoms with Gasteiger partial charge in [-0.05, 0) is 61.4 Å². The van der Waals surface area contributed by atoms with Crippen LogP contribution in [0, 0.1) is 5.82 Å². The molecule has 1 atom stereocenters. The summed E-state index contributed by atoms with van der Waals surface area (Å²) < 4.78 is 12.9. The van der Waals surface area contributed by atoms with Gasteiger partial charge in [0, 0.05) is 30.5 Å². The smallest absolute Gasteiger partial charge is 0.246 e. The van der Waals surface area contributed by atoms with E-state index in [1.807, 2.05) is 18.2 Å². The summed E-state index contributed by atoms with van der Waals surface area (Å²) in [6.45, 7) is 4.01. The molecule has 130 valence electrons. The van der Waals surface area contributed by atoms with E-state index >= 15 is 0 Å². The molecule has 1 aliphatic heterocycles. The first-order valence-corrected chi connectivity index (χ1v) is 8.18. The Morgan fingerprint density at radius 2 is 1.80 bits per heavy atom. The fraction of sp³-hybridized carbons (Fsp3) is 0.263. The second kappa shape index (κ2) is 6.93. The lowest BCUT2D eigenvalue weighted by Gasteiger charge is -2.17. The number of benzene rings is 2. The average molecular weight is 341 g/mol. The summed E-state index contributed by atoms with van der Waals surface area (Å²) in [5, 5.41) is 5.90. The van der Waals surface area contributed by atoms with E-state index < -0.39 is 6.04 Å². The molecule has 0 saturated carbocycles. The van der Waals surface area contributed by atoms with E-state index in [0.29, 0.717) is 12.2 Å². The zero-order valence-electron chi connectivity index (χ0n) is 14.2. The van der Waals surface area contributed by atoms with E-state index in [4.69, 9.17) is 0 Å². The quantitative estimate of drug-likeness (QED) is 0.898. The summed E-state index contributed by atoms with van der Waals surface area (Å²) >= 11 is 0. The Labute approximate surface area is 145 Å². The van der Waals surface area contributed by atoms with Crippen LogP contribution in [0.3, 0.4) is 0 Å². The number of hydrogen-bond donors (Lipinski definition) is 2. The maximum Gasteiger partial charge on any atom is 0.246 e. The number of amides is 2. The molecule has 6 heteroatoms. The second-order valence-electron chi connectivity index (χ2n) is 6.13. The molecule has 1 heterocycles. The summed E-state index contributed by atoms with van der Waals surface area (Å²) in [7, 11) is 0. The van der Waals surface area contributed by atoms with Crippen LogP contribution in [0.2, 0.25) is 0 Å². The van der Waals surface area contributed by atoms with Crippen molar-refractivity contribution < 1.29 is 14.0 Å². The van der Waals surface area contributed by atoms with Crippen LogP contribution in [0.5, 0.6) is 0 Å². The first-order chi connectivity index (χ1) is 11.9. The molecule has 2 amide bonds. The third-order valence-electron chi connectivity index (χ3n) is 4.24. The van der Waals surface area contributed by atoms with Gasteiger partial charge in [-0.25, -0.2) is 4.39 Å². The lowest BCUT2D eigenvalue weighted by molar-refractivity contribution is -0.117. The zero-order valence-corrected chi connectivity index (χ0v) is 14.2. The molecule has 2 aromatic rings. The molecule has 3 rings (SSSR count). The molecular weight excluding hydrogens is 321 g/mol. The largest absolute Gasteiger partial charge is 0.374 e. The van der Waals surface area contributed by atoms with E-state index in [1.54, 1.807) is 18.7 Å². The van der Waals surface area contributed by atoms with Crippen molar-refractivity contribution in [2.75, 3.05) is 22.1 Å². The standard InChI is InChI=1S/C19H20FN3O2/c1-12(19(25)22-16-5-3-15(20)4-6-16)21-17-7-8-18-14(11-17)9-10-23(18)13(2)24/h3-8,11-12,21H,9-10H2,1-2H3,(H,22,25)/t12-/m1/s1. The van der Waals surface area contributed by atoms with Gasteiger partial charge in [-0.3, -0.25) is 9.59 Å². The predicted molar refractivity (Wildman–Crippen MR) is 96.3 cm³/mol. The van der Waals surface area contributed by atoms with E-state index in [1.165, 1.54) is 24.3 Å². The van der Waals surface area contributed by atoms with Crippen LogP contribution >= 0.6 is 0 Å². The minimum Gasteiger partial charge on any atom is -0.374 e. The lowest BCUT2D eigenvalue weighted by Crippen LogP contribution is -2.31. The van der Waals surface area contributed by atoms with Crippen LogP contribution in [0.15, 0.2) is 42.5 Å². The van der Waals surface area contributed by atoms with Crippen molar-refractivity contribution in [1.82, 2.24) is 0 Å². The van der Waals surface area contributed by atoms with Crippen LogP contribution in [0.4, 0.5) is 21.5 Å². The van der Waals surface area contributed by atoms with Gasteiger partial charge in [-0.2, -0.15) is 0 Å². The Kier molecular flexibility index (Phi) is 4.70. The van der Waals surface area contributed by atoms with Gasteiger partial charge >= 0.3 is 0 Å². The first-order valence-electron chi connectivity index (χ1n) is 8.18. The Morgan fingerprint density at radius 1 is 1.12 bits per heavy atom.